The average molecular weight is 242 g/mol. The van der Waals surface area contributed by atoms with E-state index in [0.29, 0.717) is 0 Å². The van der Waals surface area contributed by atoms with Gasteiger partial charge in [-0.1, -0.05) is 6.07 Å². The average Bonchev–Trinajstić information content (AvgIpc) is 2.93. The van der Waals surface area contributed by atoms with Gasteiger partial charge in [0, 0.05) is 49.8 Å². The second-order valence-electron chi connectivity index (χ2n) is 4.82. The van der Waals surface area contributed by atoms with E-state index < -0.39 is 0 Å². The minimum atomic E-state index is 0.848. The minimum Gasteiger partial charge on any atom is -0.399 e. The molecule has 1 aromatic heterocycles. The van der Waals surface area contributed by atoms with E-state index in [0.717, 1.165) is 31.6 Å². The summed E-state index contributed by atoms with van der Waals surface area (Å²) in [6.45, 7) is 2.12. The van der Waals surface area contributed by atoms with E-state index in [9.17, 15) is 0 Å². The third-order valence-corrected chi connectivity index (χ3v) is 3.66. The Morgan fingerprint density at radius 2 is 2.22 bits per heavy atom. The van der Waals surface area contributed by atoms with Crippen molar-refractivity contribution in [2.75, 3.05) is 23.7 Å². The first-order valence-corrected chi connectivity index (χ1v) is 6.34. The van der Waals surface area contributed by atoms with Gasteiger partial charge in [-0.2, -0.15) is 5.10 Å². The molecule has 18 heavy (non-hydrogen) atoms. The first-order chi connectivity index (χ1) is 8.74. The van der Waals surface area contributed by atoms with Crippen LogP contribution in [0.15, 0.2) is 30.5 Å². The molecule has 4 nitrogen and oxygen atoms in total. The SMILES string of the molecule is Cn1nccc1CCN1CCc2ccc(N)cc21. The fourth-order valence-corrected chi connectivity index (χ4v) is 2.59. The van der Waals surface area contributed by atoms with E-state index in [4.69, 9.17) is 5.73 Å². The summed E-state index contributed by atoms with van der Waals surface area (Å²) in [6.07, 6.45) is 4.00. The van der Waals surface area contributed by atoms with Crippen molar-refractivity contribution in [2.24, 2.45) is 7.05 Å². The number of aromatic nitrogens is 2. The van der Waals surface area contributed by atoms with Gasteiger partial charge in [-0.25, -0.2) is 0 Å². The summed E-state index contributed by atoms with van der Waals surface area (Å²) in [5.74, 6) is 0. The maximum absolute atomic E-state index is 5.87. The number of nitrogens with two attached hydrogens (primary N) is 1. The molecule has 2 heterocycles. The molecule has 1 aromatic carbocycles. The van der Waals surface area contributed by atoms with Crippen LogP contribution in [-0.4, -0.2) is 22.9 Å². The molecule has 0 atom stereocenters. The number of aryl methyl sites for hydroxylation is 1. The van der Waals surface area contributed by atoms with Crippen LogP contribution in [0.25, 0.3) is 0 Å². The van der Waals surface area contributed by atoms with Crippen LogP contribution in [0.2, 0.25) is 0 Å². The van der Waals surface area contributed by atoms with E-state index in [2.05, 4.69) is 28.2 Å². The number of hydrogen-bond acceptors (Lipinski definition) is 3. The van der Waals surface area contributed by atoms with Crippen molar-refractivity contribution in [3.05, 3.63) is 41.7 Å². The quantitative estimate of drug-likeness (QED) is 0.832. The fraction of sp³-hybridized carbons (Fsp3) is 0.357. The Labute approximate surface area is 107 Å². The molecule has 2 N–H and O–H groups in total. The molecular formula is C14H18N4. The zero-order valence-electron chi connectivity index (χ0n) is 10.6. The first-order valence-electron chi connectivity index (χ1n) is 6.34. The molecule has 1 aliphatic rings. The van der Waals surface area contributed by atoms with Crippen molar-refractivity contribution in [2.45, 2.75) is 12.8 Å². The van der Waals surface area contributed by atoms with E-state index in [1.54, 1.807) is 0 Å². The van der Waals surface area contributed by atoms with Crippen LogP contribution in [-0.2, 0) is 19.9 Å². The fourth-order valence-electron chi connectivity index (χ4n) is 2.59. The van der Waals surface area contributed by atoms with Crippen LogP contribution in [0.4, 0.5) is 11.4 Å². The third-order valence-electron chi connectivity index (χ3n) is 3.66. The van der Waals surface area contributed by atoms with Gasteiger partial charge in [0.15, 0.2) is 0 Å². The van der Waals surface area contributed by atoms with Crippen LogP contribution in [0.5, 0.6) is 0 Å². The van der Waals surface area contributed by atoms with Gasteiger partial charge in [-0.3, -0.25) is 4.68 Å². The van der Waals surface area contributed by atoms with Crippen LogP contribution >= 0.6 is 0 Å². The molecule has 0 spiro atoms. The number of rotatable bonds is 3. The van der Waals surface area contributed by atoms with Crippen LogP contribution in [0.1, 0.15) is 11.3 Å². The molecule has 0 saturated heterocycles. The van der Waals surface area contributed by atoms with Gasteiger partial charge >= 0.3 is 0 Å². The van der Waals surface area contributed by atoms with Crippen LogP contribution in [0.3, 0.4) is 0 Å². The Balaban J connectivity index is 1.73. The summed E-state index contributed by atoms with van der Waals surface area (Å²) in [5.41, 5.74) is 10.7. The molecule has 0 saturated carbocycles. The Bertz CT molecular complexity index is 559. The van der Waals surface area contributed by atoms with E-state index in [-0.39, 0.29) is 0 Å². The van der Waals surface area contributed by atoms with Crippen molar-refractivity contribution < 1.29 is 0 Å². The van der Waals surface area contributed by atoms with E-state index in [1.807, 2.05) is 24.0 Å². The highest BCUT2D eigenvalue weighted by Gasteiger charge is 2.18. The van der Waals surface area contributed by atoms with E-state index in [1.165, 1.54) is 16.9 Å². The van der Waals surface area contributed by atoms with Crippen molar-refractivity contribution >= 4 is 11.4 Å². The molecule has 4 heteroatoms. The lowest BCUT2D eigenvalue weighted by Crippen LogP contribution is -2.24. The molecule has 3 rings (SSSR count). The van der Waals surface area contributed by atoms with Gasteiger partial charge in [-0.05, 0) is 30.2 Å². The van der Waals surface area contributed by atoms with Gasteiger partial charge in [0.2, 0.25) is 0 Å². The van der Waals surface area contributed by atoms with Crippen LogP contribution < -0.4 is 10.6 Å². The molecule has 0 fully saturated rings. The molecule has 0 unspecified atom stereocenters. The summed E-state index contributed by atoms with van der Waals surface area (Å²) in [4.78, 5) is 2.42. The van der Waals surface area contributed by atoms with Gasteiger partial charge in [0.25, 0.3) is 0 Å². The summed E-state index contributed by atoms with van der Waals surface area (Å²) < 4.78 is 1.94. The number of nitrogen functional groups attached to an aromatic ring is 1. The number of anilines is 2. The molecule has 0 amide bonds. The number of nitrogens with zero attached hydrogens (tertiary/aromatic N) is 3. The second kappa shape index (κ2) is 4.37. The van der Waals surface area contributed by atoms with Gasteiger partial charge in [-0.15, -0.1) is 0 Å². The van der Waals surface area contributed by atoms with Crippen molar-refractivity contribution in [3.8, 4) is 0 Å². The Morgan fingerprint density at radius 1 is 1.33 bits per heavy atom. The largest absolute Gasteiger partial charge is 0.399 e. The molecule has 0 bridgehead atoms. The number of benzene rings is 1. The topological polar surface area (TPSA) is 47.1 Å². The Hall–Kier alpha value is -1.97. The molecule has 94 valence electrons. The molecule has 0 aliphatic carbocycles. The highest BCUT2D eigenvalue weighted by atomic mass is 15.3. The Morgan fingerprint density at radius 3 is 3.00 bits per heavy atom. The van der Waals surface area contributed by atoms with Crippen molar-refractivity contribution in [1.82, 2.24) is 9.78 Å². The lowest BCUT2D eigenvalue weighted by molar-refractivity contribution is 0.692. The summed E-state index contributed by atoms with van der Waals surface area (Å²) in [5, 5.41) is 4.20. The minimum absolute atomic E-state index is 0.848. The summed E-state index contributed by atoms with van der Waals surface area (Å²) in [6, 6.07) is 8.31. The smallest absolute Gasteiger partial charge is 0.0492 e. The maximum Gasteiger partial charge on any atom is 0.0492 e. The lowest BCUT2D eigenvalue weighted by atomic mass is 10.1. The molecular weight excluding hydrogens is 224 g/mol. The zero-order valence-corrected chi connectivity index (χ0v) is 10.6. The van der Waals surface area contributed by atoms with Crippen LogP contribution in [0, 0.1) is 0 Å². The molecule has 1 aliphatic heterocycles. The predicted octanol–water partition coefficient (Wildman–Crippen LogP) is 1.61. The zero-order chi connectivity index (χ0) is 12.5. The van der Waals surface area contributed by atoms with Gasteiger partial charge in [0.05, 0.1) is 0 Å². The van der Waals surface area contributed by atoms with Gasteiger partial charge < -0.3 is 10.6 Å². The van der Waals surface area contributed by atoms with Crippen molar-refractivity contribution in [3.63, 3.8) is 0 Å². The third kappa shape index (κ3) is 1.94. The number of fused-ring (bicyclic) bond motifs is 1. The normalized spacial score (nSPS) is 13.9. The number of hydrogen-bond donors (Lipinski definition) is 1. The van der Waals surface area contributed by atoms with E-state index >= 15 is 0 Å². The highest BCUT2D eigenvalue weighted by Crippen LogP contribution is 2.29. The van der Waals surface area contributed by atoms with Crippen molar-refractivity contribution in [1.29, 1.82) is 0 Å². The van der Waals surface area contributed by atoms with Gasteiger partial charge in [0.1, 0.15) is 0 Å². The lowest BCUT2D eigenvalue weighted by Gasteiger charge is -2.19. The predicted molar refractivity (Wildman–Crippen MR) is 73.7 cm³/mol. The Kier molecular flexibility index (Phi) is 2.70. The summed E-state index contributed by atoms with van der Waals surface area (Å²) >= 11 is 0. The maximum atomic E-state index is 5.87. The standard InChI is InChI=1S/C14H18N4/c1-17-13(4-7-16-17)6-9-18-8-5-11-2-3-12(15)10-14(11)18/h2-4,7,10H,5-6,8-9,15H2,1H3. The monoisotopic (exact) mass is 242 g/mol. The highest BCUT2D eigenvalue weighted by molar-refractivity contribution is 5.64. The summed E-state index contributed by atoms with van der Waals surface area (Å²) in [7, 11) is 1.99. The first kappa shape index (κ1) is 11.1. The molecule has 0 radical (unpaired) electrons. The second-order valence-corrected chi connectivity index (χ2v) is 4.82. The molecule has 2 aromatic rings.